The molecule has 0 aliphatic carbocycles. The van der Waals surface area contributed by atoms with Crippen LogP contribution in [0.1, 0.15) is 49.2 Å². The molecule has 3 rings (SSSR count). The van der Waals surface area contributed by atoms with Crippen molar-refractivity contribution in [2.45, 2.75) is 47.0 Å². The number of imidazole rings is 1. The lowest BCUT2D eigenvalue weighted by Crippen LogP contribution is -2.13. The average molecular weight is 350 g/mol. The molecule has 0 saturated carbocycles. The fraction of sp³-hybridized carbons (Fsp3) is 0.364. The number of carbonyl (C=O) groups excluding carboxylic acids is 1. The van der Waals surface area contributed by atoms with E-state index in [4.69, 9.17) is 9.72 Å². The molecule has 0 amide bonds. The van der Waals surface area contributed by atoms with Gasteiger partial charge in [-0.25, -0.2) is 4.98 Å². The maximum absolute atomic E-state index is 12.0. The first kappa shape index (κ1) is 18.2. The standard InChI is InChI=1S/C22H26N2O2/c1-6-20-23-21-15(4)14(3)8-13-19(21)24(20)18-11-9-17(10-12-18)16(5)22(25)26-7-2/h8-13,16H,6-7H2,1-5H3. The third-order valence-electron chi connectivity index (χ3n) is 5.03. The van der Waals surface area contributed by atoms with Gasteiger partial charge < -0.3 is 4.74 Å². The molecule has 0 radical (unpaired) electrons. The Bertz CT molecular complexity index is 939. The number of fused-ring (bicyclic) bond motifs is 1. The predicted octanol–water partition coefficient (Wildman–Crippen LogP) is 4.87. The number of rotatable bonds is 5. The summed E-state index contributed by atoms with van der Waals surface area (Å²) >= 11 is 0. The van der Waals surface area contributed by atoms with Gasteiger partial charge in [0.25, 0.3) is 0 Å². The van der Waals surface area contributed by atoms with Crippen LogP contribution in [0.3, 0.4) is 0 Å². The van der Waals surface area contributed by atoms with Gasteiger partial charge >= 0.3 is 5.97 Å². The summed E-state index contributed by atoms with van der Waals surface area (Å²) in [6.07, 6.45) is 0.855. The van der Waals surface area contributed by atoms with Crippen molar-refractivity contribution in [3.8, 4) is 5.69 Å². The lowest BCUT2D eigenvalue weighted by Gasteiger charge is -2.13. The fourth-order valence-electron chi connectivity index (χ4n) is 3.27. The first-order valence-corrected chi connectivity index (χ1v) is 9.22. The van der Waals surface area contributed by atoms with Crippen LogP contribution >= 0.6 is 0 Å². The van der Waals surface area contributed by atoms with E-state index in [9.17, 15) is 4.79 Å². The molecule has 3 aromatic rings. The van der Waals surface area contributed by atoms with E-state index in [0.717, 1.165) is 34.5 Å². The molecule has 0 aliphatic heterocycles. The second-order valence-electron chi connectivity index (χ2n) is 6.66. The molecule has 2 aromatic carbocycles. The summed E-state index contributed by atoms with van der Waals surface area (Å²) < 4.78 is 7.33. The van der Waals surface area contributed by atoms with Crippen LogP contribution < -0.4 is 0 Å². The maximum Gasteiger partial charge on any atom is 0.313 e. The summed E-state index contributed by atoms with van der Waals surface area (Å²) in [5.41, 5.74) is 6.68. The topological polar surface area (TPSA) is 44.1 Å². The molecule has 4 nitrogen and oxygen atoms in total. The highest BCUT2D eigenvalue weighted by Crippen LogP contribution is 2.27. The molecule has 136 valence electrons. The Labute approximate surface area is 154 Å². The summed E-state index contributed by atoms with van der Waals surface area (Å²) in [5, 5.41) is 0. The maximum atomic E-state index is 12.0. The highest BCUT2D eigenvalue weighted by atomic mass is 16.5. The van der Waals surface area contributed by atoms with Crippen molar-refractivity contribution in [1.29, 1.82) is 0 Å². The van der Waals surface area contributed by atoms with Gasteiger partial charge in [-0.2, -0.15) is 0 Å². The Balaban J connectivity index is 2.04. The molecule has 1 unspecified atom stereocenters. The monoisotopic (exact) mass is 350 g/mol. The Kier molecular flexibility index (Phi) is 5.12. The zero-order chi connectivity index (χ0) is 18.8. The fourth-order valence-corrected chi connectivity index (χ4v) is 3.27. The van der Waals surface area contributed by atoms with E-state index in [2.05, 4.69) is 49.6 Å². The molecule has 1 heterocycles. The van der Waals surface area contributed by atoms with E-state index in [0.29, 0.717) is 6.61 Å². The molecule has 0 bridgehead atoms. The van der Waals surface area contributed by atoms with Crippen LogP contribution in [0.4, 0.5) is 0 Å². The molecule has 1 atom stereocenters. The van der Waals surface area contributed by atoms with Crippen LogP contribution in [0.15, 0.2) is 36.4 Å². The second kappa shape index (κ2) is 7.32. The van der Waals surface area contributed by atoms with Crippen molar-refractivity contribution >= 4 is 17.0 Å². The van der Waals surface area contributed by atoms with Crippen molar-refractivity contribution < 1.29 is 9.53 Å². The number of esters is 1. The molecular formula is C22H26N2O2. The number of hydrogen-bond donors (Lipinski definition) is 0. The molecule has 0 spiro atoms. The normalized spacial score (nSPS) is 12.3. The summed E-state index contributed by atoms with van der Waals surface area (Å²) in [6.45, 7) is 10.5. The summed E-state index contributed by atoms with van der Waals surface area (Å²) in [7, 11) is 0. The van der Waals surface area contributed by atoms with Gasteiger partial charge in [0, 0.05) is 12.1 Å². The summed E-state index contributed by atoms with van der Waals surface area (Å²) in [5.74, 6) is 0.590. The number of nitrogens with zero attached hydrogens (tertiary/aromatic N) is 2. The van der Waals surface area contributed by atoms with Gasteiger partial charge in [0.05, 0.1) is 23.6 Å². The molecule has 4 heteroatoms. The zero-order valence-electron chi connectivity index (χ0n) is 16.2. The van der Waals surface area contributed by atoms with Crippen molar-refractivity contribution in [1.82, 2.24) is 9.55 Å². The summed E-state index contributed by atoms with van der Waals surface area (Å²) in [4.78, 5) is 16.8. The van der Waals surface area contributed by atoms with Crippen molar-refractivity contribution in [2.75, 3.05) is 6.61 Å². The number of ether oxygens (including phenoxy) is 1. The number of carbonyl (C=O) groups is 1. The molecule has 0 aliphatic rings. The van der Waals surface area contributed by atoms with Gasteiger partial charge in [0.15, 0.2) is 0 Å². The number of aromatic nitrogens is 2. The zero-order valence-corrected chi connectivity index (χ0v) is 16.2. The number of benzene rings is 2. The molecule has 26 heavy (non-hydrogen) atoms. The Morgan fingerprint density at radius 2 is 1.81 bits per heavy atom. The van der Waals surface area contributed by atoms with Crippen molar-refractivity contribution in [3.63, 3.8) is 0 Å². The van der Waals surface area contributed by atoms with Crippen LogP contribution in [0, 0.1) is 13.8 Å². The van der Waals surface area contributed by atoms with E-state index in [1.807, 2.05) is 26.0 Å². The quantitative estimate of drug-likeness (QED) is 0.617. The molecule has 0 saturated heterocycles. The Morgan fingerprint density at radius 3 is 2.42 bits per heavy atom. The van der Waals surface area contributed by atoms with Crippen LogP contribution in [0.2, 0.25) is 0 Å². The van der Waals surface area contributed by atoms with Gasteiger partial charge in [-0.15, -0.1) is 0 Å². The Hall–Kier alpha value is -2.62. The third-order valence-corrected chi connectivity index (χ3v) is 5.03. The first-order valence-electron chi connectivity index (χ1n) is 9.22. The highest BCUT2D eigenvalue weighted by molar-refractivity contribution is 5.83. The minimum absolute atomic E-state index is 0.186. The Morgan fingerprint density at radius 1 is 1.12 bits per heavy atom. The predicted molar refractivity (Wildman–Crippen MR) is 105 cm³/mol. The van der Waals surface area contributed by atoms with Gasteiger partial charge in [0.1, 0.15) is 5.82 Å². The van der Waals surface area contributed by atoms with Crippen molar-refractivity contribution in [3.05, 3.63) is 58.9 Å². The van der Waals surface area contributed by atoms with Crippen LogP contribution in [-0.2, 0) is 16.0 Å². The van der Waals surface area contributed by atoms with Gasteiger partial charge in [-0.1, -0.05) is 25.1 Å². The van der Waals surface area contributed by atoms with Gasteiger partial charge in [-0.05, 0) is 62.6 Å². The van der Waals surface area contributed by atoms with E-state index in [-0.39, 0.29) is 11.9 Å². The summed E-state index contributed by atoms with van der Waals surface area (Å²) in [6, 6.07) is 12.4. The van der Waals surface area contributed by atoms with Gasteiger partial charge in [-0.3, -0.25) is 9.36 Å². The van der Waals surface area contributed by atoms with Crippen molar-refractivity contribution in [2.24, 2.45) is 0 Å². The molecule has 0 fully saturated rings. The van der Waals surface area contributed by atoms with Gasteiger partial charge in [0.2, 0.25) is 0 Å². The number of hydrogen-bond acceptors (Lipinski definition) is 3. The van der Waals surface area contributed by atoms with E-state index in [1.165, 1.54) is 11.1 Å². The third kappa shape index (κ3) is 3.12. The molecule has 0 N–H and O–H groups in total. The SMILES string of the molecule is CCOC(=O)C(C)c1ccc(-n2c(CC)nc3c(C)c(C)ccc32)cc1. The number of aryl methyl sites for hydroxylation is 3. The van der Waals surface area contributed by atoms with Crippen LogP contribution in [0.25, 0.3) is 16.7 Å². The van der Waals surface area contributed by atoms with Crippen LogP contribution in [-0.4, -0.2) is 22.1 Å². The second-order valence-corrected chi connectivity index (χ2v) is 6.66. The van der Waals surface area contributed by atoms with E-state index >= 15 is 0 Å². The minimum Gasteiger partial charge on any atom is -0.466 e. The smallest absolute Gasteiger partial charge is 0.313 e. The lowest BCUT2D eigenvalue weighted by molar-refractivity contribution is -0.144. The largest absolute Gasteiger partial charge is 0.466 e. The minimum atomic E-state index is -0.265. The van der Waals surface area contributed by atoms with E-state index in [1.54, 1.807) is 0 Å². The highest BCUT2D eigenvalue weighted by Gasteiger charge is 2.17. The molecular weight excluding hydrogens is 324 g/mol. The van der Waals surface area contributed by atoms with E-state index < -0.39 is 0 Å². The first-order chi connectivity index (χ1) is 12.5. The lowest BCUT2D eigenvalue weighted by atomic mass is 10.0. The molecule has 1 aromatic heterocycles. The van der Waals surface area contributed by atoms with Crippen LogP contribution in [0.5, 0.6) is 0 Å². The average Bonchev–Trinajstić information content (AvgIpc) is 3.04.